The molecule has 1 N–H and O–H groups in total. The van der Waals surface area contributed by atoms with E-state index in [2.05, 4.69) is 27.3 Å². The topological polar surface area (TPSA) is 12.0 Å². The Hall–Kier alpha value is -1.42. The Balaban J connectivity index is 2.30. The highest BCUT2D eigenvalue weighted by molar-refractivity contribution is 9.10. The molecule has 0 radical (unpaired) electrons. The SMILES string of the molecule is Cc1ccc(C)c(C(C)Nc2cc(F)c(Br)cc2F)c1. The van der Waals surface area contributed by atoms with Gasteiger partial charge in [-0.25, -0.2) is 8.78 Å². The van der Waals surface area contributed by atoms with Crippen LogP contribution in [0.4, 0.5) is 14.5 Å². The molecule has 0 aliphatic heterocycles. The Morgan fingerprint density at radius 2 is 1.75 bits per heavy atom. The third kappa shape index (κ3) is 3.18. The van der Waals surface area contributed by atoms with Crippen molar-refractivity contribution in [3.8, 4) is 0 Å². The van der Waals surface area contributed by atoms with Gasteiger partial charge < -0.3 is 5.32 Å². The van der Waals surface area contributed by atoms with E-state index in [-0.39, 0.29) is 16.2 Å². The zero-order chi connectivity index (χ0) is 14.9. The summed E-state index contributed by atoms with van der Waals surface area (Å²) in [7, 11) is 0. The van der Waals surface area contributed by atoms with Crippen LogP contribution in [0.1, 0.15) is 29.7 Å². The first-order valence-electron chi connectivity index (χ1n) is 6.36. The molecular weight excluding hydrogens is 324 g/mol. The average molecular weight is 340 g/mol. The second-order valence-electron chi connectivity index (χ2n) is 4.97. The molecule has 20 heavy (non-hydrogen) atoms. The van der Waals surface area contributed by atoms with Crippen molar-refractivity contribution in [2.45, 2.75) is 26.8 Å². The highest BCUT2D eigenvalue weighted by Gasteiger charge is 2.13. The van der Waals surface area contributed by atoms with Crippen LogP contribution >= 0.6 is 15.9 Å². The Labute approximate surface area is 126 Å². The molecule has 0 aromatic heterocycles. The van der Waals surface area contributed by atoms with Crippen LogP contribution in [0.3, 0.4) is 0 Å². The first-order chi connectivity index (χ1) is 9.38. The predicted molar refractivity (Wildman–Crippen MR) is 82.0 cm³/mol. The molecule has 0 fully saturated rings. The largest absolute Gasteiger partial charge is 0.376 e. The summed E-state index contributed by atoms with van der Waals surface area (Å²) in [4.78, 5) is 0. The number of aryl methyl sites for hydroxylation is 2. The molecular formula is C16H16BrF2N. The van der Waals surface area contributed by atoms with Crippen molar-refractivity contribution in [2.75, 3.05) is 5.32 Å². The summed E-state index contributed by atoms with van der Waals surface area (Å²) in [6, 6.07) is 8.31. The molecule has 0 spiro atoms. The highest BCUT2D eigenvalue weighted by Crippen LogP contribution is 2.28. The molecule has 1 nitrogen and oxygen atoms in total. The van der Waals surface area contributed by atoms with Gasteiger partial charge in [-0.15, -0.1) is 0 Å². The van der Waals surface area contributed by atoms with Crippen molar-refractivity contribution in [1.82, 2.24) is 0 Å². The number of hydrogen-bond acceptors (Lipinski definition) is 1. The van der Waals surface area contributed by atoms with Gasteiger partial charge in [-0.1, -0.05) is 23.8 Å². The van der Waals surface area contributed by atoms with E-state index < -0.39 is 11.6 Å². The van der Waals surface area contributed by atoms with E-state index in [0.29, 0.717) is 0 Å². The van der Waals surface area contributed by atoms with Crippen molar-refractivity contribution in [2.24, 2.45) is 0 Å². The maximum absolute atomic E-state index is 13.8. The number of rotatable bonds is 3. The van der Waals surface area contributed by atoms with Crippen LogP contribution in [-0.4, -0.2) is 0 Å². The lowest BCUT2D eigenvalue weighted by Gasteiger charge is -2.19. The van der Waals surface area contributed by atoms with Crippen molar-refractivity contribution >= 4 is 21.6 Å². The van der Waals surface area contributed by atoms with Crippen LogP contribution in [-0.2, 0) is 0 Å². The number of nitrogens with one attached hydrogen (secondary N) is 1. The minimum Gasteiger partial charge on any atom is -0.376 e. The third-order valence-corrected chi connectivity index (χ3v) is 3.89. The van der Waals surface area contributed by atoms with Crippen LogP contribution in [0.15, 0.2) is 34.8 Å². The fraction of sp³-hybridized carbons (Fsp3) is 0.250. The van der Waals surface area contributed by atoms with Crippen LogP contribution in [0, 0.1) is 25.5 Å². The van der Waals surface area contributed by atoms with Gasteiger partial charge in [0.05, 0.1) is 10.2 Å². The summed E-state index contributed by atoms with van der Waals surface area (Å²) in [5.74, 6) is -0.961. The summed E-state index contributed by atoms with van der Waals surface area (Å²) in [6.45, 7) is 5.95. The minimum absolute atomic E-state index is 0.107. The van der Waals surface area contributed by atoms with E-state index in [9.17, 15) is 8.78 Å². The molecule has 0 saturated heterocycles. The van der Waals surface area contributed by atoms with E-state index in [4.69, 9.17) is 0 Å². The van der Waals surface area contributed by atoms with E-state index in [0.717, 1.165) is 22.8 Å². The van der Waals surface area contributed by atoms with Crippen LogP contribution in [0.25, 0.3) is 0 Å². The molecule has 4 heteroatoms. The highest BCUT2D eigenvalue weighted by atomic mass is 79.9. The maximum atomic E-state index is 13.8. The monoisotopic (exact) mass is 339 g/mol. The molecule has 0 aliphatic rings. The van der Waals surface area contributed by atoms with Crippen molar-refractivity contribution in [3.63, 3.8) is 0 Å². The summed E-state index contributed by atoms with van der Waals surface area (Å²) in [5.41, 5.74) is 3.50. The van der Waals surface area contributed by atoms with Crippen LogP contribution in [0.5, 0.6) is 0 Å². The second-order valence-corrected chi connectivity index (χ2v) is 5.83. The molecule has 1 unspecified atom stereocenters. The summed E-state index contributed by atoms with van der Waals surface area (Å²) in [5, 5.41) is 3.03. The molecule has 1 atom stereocenters. The van der Waals surface area contributed by atoms with Gasteiger partial charge in [-0.3, -0.25) is 0 Å². The van der Waals surface area contributed by atoms with E-state index in [1.807, 2.05) is 32.9 Å². The lowest BCUT2D eigenvalue weighted by molar-refractivity contribution is 0.595. The van der Waals surface area contributed by atoms with E-state index in [1.165, 1.54) is 6.07 Å². The van der Waals surface area contributed by atoms with E-state index >= 15 is 0 Å². The summed E-state index contributed by atoms with van der Waals surface area (Å²) in [6.07, 6.45) is 0. The third-order valence-electron chi connectivity index (χ3n) is 3.28. The van der Waals surface area contributed by atoms with Crippen LogP contribution < -0.4 is 5.32 Å². The summed E-state index contributed by atoms with van der Waals surface area (Å²) < 4.78 is 27.5. The van der Waals surface area contributed by atoms with Gasteiger partial charge in [-0.2, -0.15) is 0 Å². The van der Waals surface area contributed by atoms with Gasteiger partial charge in [0.2, 0.25) is 0 Å². The van der Waals surface area contributed by atoms with Crippen molar-refractivity contribution in [1.29, 1.82) is 0 Å². The Morgan fingerprint density at radius 1 is 1.05 bits per heavy atom. The van der Waals surface area contributed by atoms with Gasteiger partial charge in [0.15, 0.2) is 0 Å². The fourth-order valence-electron chi connectivity index (χ4n) is 2.17. The molecule has 0 heterocycles. The molecule has 0 aliphatic carbocycles. The molecule has 2 rings (SSSR count). The predicted octanol–water partition coefficient (Wildman–Crippen LogP) is 5.52. The van der Waals surface area contributed by atoms with E-state index in [1.54, 1.807) is 0 Å². The van der Waals surface area contributed by atoms with Crippen molar-refractivity contribution < 1.29 is 8.78 Å². The Bertz CT molecular complexity index is 641. The Kier molecular flexibility index (Phi) is 4.43. The standard InChI is InChI=1S/C16H16BrF2N/c1-9-4-5-10(2)12(6-9)11(3)20-16-8-14(18)13(17)7-15(16)19/h4-8,11,20H,1-3H3. The maximum Gasteiger partial charge on any atom is 0.147 e. The lowest BCUT2D eigenvalue weighted by Crippen LogP contribution is -2.10. The molecule has 0 bridgehead atoms. The number of anilines is 1. The first kappa shape index (κ1) is 15.0. The summed E-state index contributed by atoms with van der Waals surface area (Å²) >= 11 is 2.97. The minimum atomic E-state index is -0.484. The zero-order valence-corrected chi connectivity index (χ0v) is 13.2. The van der Waals surface area contributed by atoms with Gasteiger partial charge in [-0.05, 0) is 53.9 Å². The number of halogens is 3. The average Bonchev–Trinajstić information content (AvgIpc) is 2.38. The first-order valence-corrected chi connectivity index (χ1v) is 7.16. The number of hydrogen-bond donors (Lipinski definition) is 1. The smallest absolute Gasteiger partial charge is 0.147 e. The Morgan fingerprint density at radius 3 is 2.45 bits per heavy atom. The molecule has 106 valence electrons. The van der Waals surface area contributed by atoms with Gasteiger partial charge in [0, 0.05) is 12.1 Å². The number of benzene rings is 2. The second kappa shape index (κ2) is 5.92. The fourth-order valence-corrected chi connectivity index (χ4v) is 2.49. The van der Waals surface area contributed by atoms with Gasteiger partial charge in [0.1, 0.15) is 11.6 Å². The molecule has 0 saturated carbocycles. The molecule has 0 amide bonds. The molecule has 2 aromatic carbocycles. The van der Waals surface area contributed by atoms with Crippen molar-refractivity contribution in [3.05, 3.63) is 63.1 Å². The van der Waals surface area contributed by atoms with Gasteiger partial charge in [0.25, 0.3) is 0 Å². The quantitative estimate of drug-likeness (QED) is 0.726. The zero-order valence-electron chi connectivity index (χ0n) is 11.6. The van der Waals surface area contributed by atoms with Crippen LogP contribution in [0.2, 0.25) is 0 Å². The molecule has 2 aromatic rings. The van der Waals surface area contributed by atoms with Gasteiger partial charge >= 0.3 is 0 Å². The lowest BCUT2D eigenvalue weighted by atomic mass is 10.00. The normalized spacial score (nSPS) is 12.3.